The van der Waals surface area contributed by atoms with E-state index in [1.165, 1.54) is 6.20 Å². The Balaban J connectivity index is 1.45. The van der Waals surface area contributed by atoms with Gasteiger partial charge in [-0.2, -0.15) is 10.2 Å². The molecule has 1 aliphatic rings. The molecule has 0 aliphatic carbocycles. The molecular formula is C18H21ClN4O4S. The first kappa shape index (κ1) is 20.5. The van der Waals surface area contributed by atoms with Crippen LogP contribution in [0.25, 0.3) is 0 Å². The third-order valence-electron chi connectivity index (χ3n) is 4.49. The van der Waals surface area contributed by atoms with Crippen molar-refractivity contribution in [2.45, 2.75) is 24.6 Å². The number of nitrogens with zero attached hydrogens (tertiary/aromatic N) is 3. The highest BCUT2D eigenvalue weighted by Gasteiger charge is 2.31. The third-order valence-corrected chi connectivity index (χ3v) is 6.64. The lowest BCUT2D eigenvalue weighted by molar-refractivity contribution is -0.134. The van der Waals surface area contributed by atoms with Gasteiger partial charge in [0.25, 0.3) is 5.91 Å². The minimum absolute atomic E-state index is 0.0933. The molecule has 150 valence electrons. The molecule has 1 aliphatic heterocycles. The summed E-state index contributed by atoms with van der Waals surface area (Å²) in [5.41, 5.74) is 0.554. The molecule has 10 heteroatoms. The molecule has 28 heavy (non-hydrogen) atoms. The Kier molecular flexibility index (Phi) is 6.82. The summed E-state index contributed by atoms with van der Waals surface area (Å²) >= 11 is 5.81. The Hall–Kier alpha value is -2.23. The van der Waals surface area contributed by atoms with E-state index in [0.29, 0.717) is 42.4 Å². The number of ether oxygens (including phenoxy) is 1. The fourth-order valence-electron chi connectivity index (χ4n) is 2.90. The normalized spacial score (nSPS) is 15.4. The number of benzene rings is 1. The molecule has 0 radical (unpaired) electrons. The van der Waals surface area contributed by atoms with Gasteiger partial charge >= 0.3 is 0 Å². The lowest BCUT2D eigenvalue weighted by Gasteiger charge is -2.31. The van der Waals surface area contributed by atoms with Crippen LogP contribution < -0.4 is 9.46 Å². The first-order valence-corrected chi connectivity index (χ1v) is 10.8. The van der Waals surface area contributed by atoms with E-state index in [9.17, 15) is 13.2 Å². The van der Waals surface area contributed by atoms with Gasteiger partial charge in [0.15, 0.2) is 6.61 Å². The number of aromatic nitrogens is 2. The Morgan fingerprint density at radius 3 is 2.57 bits per heavy atom. The van der Waals surface area contributed by atoms with Gasteiger partial charge < -0.3 is 9.64 Å². The minimum Gasteiger partial charge on any atom is -0.484 e. The summed E-state index contributed by atoms with van der Waals surface area (Å²) in [6, 6.07) is 10.2. The van der Waals surface area contributed by atoms with Crippen molar-refractivity contribution in [3.63, 3.8) is 0 Å². The van der Waals surface area contributed by atoms with Crippen LogP contribution in [0.3, 0.4) is 0 Å². The molecule has 0 atom stereocenters. The van der Waals surface area contributed by atoms with E-state index >= 15 is 0 Å². The second-order valence-corrected chi connectivity index (χ2v) is 8.89. The van der Waals surface area contributed by atoms with E-state index in [4.69, 9.17) is 16.3 Å². The lowest BCUT2D eigenvalue weighted by Crippen LogP contribution is -2.46. The largest absolute Gasteiger partial charge is 0.484 e. The number of hydrogen-bond donors (Lipinski definition) is 1. The number of carbonyl (C=O) groups excluding carboxylic acids is 1. The minimum atomic E-state index is -3.49. The van der Waals surface area contributed by atoms with Crippen molar-refractivity contribution < 1.29 is 17.9 Å². The zero-order chi connectivity index (χ0) is 20.0. The van der Waals surface area contributed by atoms with E-state index in [0.717, 1.165) is 0 Å². The van der Waals surface area contributed by atoms with Gasteiger partial charge in [-0.05, 0) is 49.2 Å². The van der Waals surface area contributed by atoms with Gasteiger partial charge in [0.2, 0.25) is 10.0 Å². The van der Waals surface area contributed by atoms with Crippen molar-refractivity contribution in [1.82, 2.24) is 19.8 Å². The van der Waals surface area contributed by atoms with Gasteiger partial charge in [0.1, 0.15) is 5.75 Å². The van der Waals surface area contributed by atoms with Gasteiger partial charge in [0.05, 0.1) is 17.5 Å². The number of nitrogens with one attached hydrogen (secondary N) is 1. The number of amides is 1. The van der Waals surface area contributed by atoms with Crippen LogP contribution in [-0.4, -0.2) is 54.4 Å². The molecule has 0 bridgehead atoms. The second-order valence-electron chi connectivity index (χ2n) is 6.40. The van der Waals surface area contributed by atoms with Crippen LogP contribution in [-0.2, 0) is 21.4 Å². The summed E-state index contributed by atoms with van der Waals surface area (Å²) in [5, 5.41) is 7.64. The predicted molar refractivity (Wildman–Crippen MR) is 104 cm³/mol. The van der Waals surface area contributed by atoms with Crippen molar-refractivity contribution in [3.05, 3.63) is 53.3 Å². The average molecular weight is 425 g/mol. The van der Waals surface area contributed by atoms with Gasteiger partial charge in [-0.15, -0.1) is 0 Å². The van der Waals surface area contributed by atoms with E-state index in [-0.39, 0.29) is 19.1 Å². The summed E-state index contributed by atoms with van der Waals surface area (Å²) in [7, 11) is -3.49. The fourth-order valence-corrected chi connectivity index (χ4v) is 4.44. The molecule has 1 aromatic carbocycles. The molecule has 2 aromatic rings. The van der Waals surface area contributed by atoms with Gasteiger partial charge in [-0.1, -0.05) is 11.6 Å². The molecule has 8 nitrogen and oxygen atoms in total. The fraction of sp³-hybridized carbons (Fsp3) is 0.389. The summed E-state index contributed by atoms with van der Waals surface area (Å²) in [4.78, 5) is 13.9. The molecule has 1 fully saturated rings. The SMILES string of the molecule is O=C(COc1ccc(Cl)cc1)N1CCC(S(=O)(=O)NCc2cccnn2)CC1. The maximum Gasteiger partial charge on any atom is 0.260 e. The molecule has 0 unspecified atom stereocenters. The second kappa shape index (κ2) is 9.31. The number of piperidine rings is 1. The molecular weight excluding hydrogens is 404 g/mol. The van der Waals surface area contributed by atoms with Crippen molar-refractivity contribution in [1.29, 1.82) is 0 Å². The molecule has 1 aromatic heterocycles. The van der Waals surface area contributed by atoms with Gasteiger partial charge in [0, 0.05) is 24.3 Å². The Bertz CT molecular complexity index is 886. The number of hydrogen-bond acceptors (Lipinski definition) is 6. The Morgan fingerprint density at radius 1 is 1.21 bits per heavy atom. The van der Waals surface area contributed by atoms with E-state index in [1.807, 2.05) is 0 Å². The van der Waals surface area contributed by atoms with E-state index in [1.54, 1.807) is 41.3 Å². The van der Waals surface area contributed by atoms with Crippen molar-refractivity contribution in [2.75, 3.05) is 19.7 Å². The van der Waals surface area contributed by atoms with Gasteiger partial charge in [-0.25, -0.2) is 13.1 Å². The smallest absolute Gasteiger partial charge is 0.260 e. The van der Waals surface area contributed by atoms with Crippen LogP contribution >= 0.6 is 11.6 Å². The van der Waals surface area contributed by atoms with Crippen molar-refractivity contribution >= 4 is 27.5 Å². The summed E-state index contributed by atoms with van der Waals surface area (Å²) in [6.45, 7) is 0.757. The number of rotatable bonds is 7. The number of carbonyl (C=O) groups is 1. The van der Waals surface area contributed by atoms with E-state index < -0.39 is 15.3 Å². The molecule has 1 amide bonds. The summed E-state index contributed by atoms with van der Waals surface area (Å²) in [6.07, 6.45) is 2.28. The topological polar surface area (TPSA) is 101 Å². The highest BCUT2D eigenvalue weighted by Crippen LogP contribution is 2.19. The van der Waals surface area contributed by atoms with Crippen LogP contribution in [0.15, 0.2) is 42.6 Å². The average Bonchev–Trinajstić information content (AvgIpc) is 2.72. The van der Waals surface area contributed by atoms with Crippen LogP contribution in [0, 0.1) is 0 Å². The maximum atomic E-state index is 12.5. The predicted octanol–water partition coefficient (Wildman–Crippen LogP) is 1.62. The number of halogens is 1. The van der Waals surface area contributed by atoms with Crippen molar-refractivity contribution in [3.8, 4) is 5.75 Å². The molecule has 1 N–H and O–H groups in total. The quantitative estimate of drug-likeness (QED) is 0.724. The highest BCUT2D eigenvalue weighted by molar-refractivity contribution is 7.90. The molecule has 0 saturated carbocycles. The highest BCUT2D eigenvalue weighted by atomic mass is 35.5. The van der Waals surface area contributed by atoms with E-state index in [2.05, 4.69) is 14.9 Å². The Morgan fingerprint density at radius 2 is 1.93 bits per heavy atom. The zero-order valence-corrected chi connectivity index (χ0v) is 16.7. The van der Waals surface area contributed by atoms with Crippen LogP contribution in [0.2, 0.25) is 5.02 Å². The molecule has 0 spiro atoms. The number of sulfonamides is 1. The summed E-state index contributed by atoms with van der Waals surface area (Å²) in [5.74, 6) is 0.391. The number of likely N-dealkylation sites (tertiary alicyclic amines) is 1. The van der Waals surface area contributed by atoms with Crippen LogP contribution in [0.4, 0.5) is 0 Å². The third kappa shape index (κ3) is 5.63. The molecule has 3 rings (SSSR count). The molecule has 1 saturated heterocycles. The lowest BCUT2D eigenvalue weighted by atomic mass is 10.1. The molecule has 2 heterocycles. The van der Waals surface area contributed by atoms with Crippen LogP contribution in [0.1, 0.15) is 18.5 Å². The summed E-state index contributed by atoms with van der Waals surface area (Å²) < 4.78 is 33.0. The Labute approximate surface area is 168 Å². The monoisotopic (exact) mass is 424 g/mol. The maximum absolute atomic E-state index is 12.5. The standard InChI is InChI=1S/C18H21ClN4O4S/c19-14-3-5-16(6-4-14)27-13-18(24)23-10-7-17(8-11-23)28(25,26)21-12-15-2-1-9-20-22-15/h1-6,9,17,21H,7-8,10-13H2. The zero-order valence-electron chi connectivity index (χ0n) is 15.1. The van der Waals surface area contributed by atoms with Crippen molar-refractivity contribution in [2.24, 2.45) is 0 Å². The van der Waals surface area contributed by atoms with Crippen LogP contribution in [0.5, 0.6) is 5.75 Å². The van der Waals surface area contributed by atoms with Gasteiger partial charge in [-0.3, -0.25) is 4.79 Å². The first-order chi connectivity index (χ1) is 13.4. The first-order valence-electron chi connectivity index (χ1n) is 8.85.